The van der Waals surface area contributed by atoms with Crippen molar-refractivity contribution < 1.29 is 14.3 Å². The Morgan fingerprint density at radius 1 is 1.21 bits per heavy atom. The van der Waals surface area contributed by atoms with Crippen molar-refractivity contribution in [3.63, 3.8) is 0 Å². The van der Waals surface area contributed by atoms with Gasteiger partial charge in [-0.25, -0.2) is 4.68 Å². The van der Waals surface area contributed by atoms with Crippen LogP contribution in [0.5, 0.6) is 5.75 Å². The predicted molar refractivity (Wildman–Crippen MR) is 89.2 cm³/mol. The first-order valence-electron chi connectivity index (χ1n) is 7.51. The van der Waals surface area contributed by atoms with Crippen molar-refractivity contribution in [3.05, 3.63) is 58.0 Å². The van der Waals surface area contributed by atoms with Crippen LogP contribution in [0.3, 0.4) is 0 Å². The van der Waals surface area contributed by atoms with Crippen LogP contribution in [0.4, 0.5) is 0 Å². The van der Waals surface area contributed by atoms with Crippen LogP contribution < -0.4 is 10.3 Å². The van der Waals surface area contributed by atoms with Crippen LogP contribution in [0.2, 0.25) is 0 Å². The van der Waals surface area contributed by atoms with Gasteiger partial charge in [-0.1, -0.05) is 18.2 Å². The summed E-state index contributed by atoms with van der Waals surface area (Å²) in [5, 5.41) is 4.12. The molecule has 1 aromatic carbocycles. The molecule has 24 heavy (non-hydrogen) atoms. The van der Waals surface area contributed by atoms with Crippen molar-refractivity contribution in [2.75, 3.05) is 27.9 Å². The number of amides is 1. The van der Waals surface area contributed by atoms with E-state index in [2.05, 4.69) is 5.10 Å². The highest BCUT2D eigenvalue weighted by Gasteiger charge is 2.16. The maximum Gasteiger partial charge on any atom is 0.274 e. The Kier molecular flexibility index (Phi) is 6.08. The molecule has 0 fully saturated rings. The molecule has 2 aromatic rings. The molecule has 0 aliphatic carbocycles. The van der Waals surface area contributed by atoms with E-state index in [9.17, 15) is 9.59 Å². The van der Waals surface area contributed by atoms with Crippen LogP contribution in [0.1, 0.15) is 16.1 Å². The molecular weight excluding hydrogens is 310 g/mol. The van der Waals surface area contributed by atoms with Gasteiger partial charge in [0.15, 0.2) is 0 Å². The van der Waals surface area contributed by atoms with Crippen molar-refractivity contribution >= 4 is 5.91 Å². The van der Waals surface area contributed by atoms with E-state index in [1.54, 1.807) is 21.3 Å². The van der Waals surface area contributed by atoms with Crippen LogP contribution in [0.15, 0.2) is 41.2 Å². The summed E-state index contributed by atoms with van der Waals surface area (Å²) in [5.74, 6) is 0.447. The van der Waals surface area contributed by atoms with Crippen molar-refractivity contribution in [3.8, 4) is 5.75 Å². The first-order valence-corrected chi connectivity index (χ1v) is 7.51. The SMILES string of the molecule is COCCn1nc(C(=O)N(C)Cc2ccccc2OC)ccc1=O. The fourth-order valence-corrected chi connectivity index (χ4v) is 2.26. The lowest BCUT2D eigenvalue weighted by Gasteiger charge is -2.18. The maximum absolute atomic E-state index is 12.6. The van der Waals surface area contributed by atoms with E-state index in [0.29, 0.717) is 19.7 Å². The summed E-state index contributed by atoms with van der Waals surface area (Å²) in [6, 6.07) is 10.3. The Bertz CT molecular complexity index is 757. The molecule has 0 saturated carbocycles. The van der Waals surface area contributed by atoms with Gasteiger partial charge in [0.1, 0.15) is 11.4 Å². The third-order valence-corrected chi connectivity index (χ3v) is 3.54. The number of hydrogen-bond donors (Lipinski definition) is 0. The highest BCUT2D eigenvalue weighted by atomic mass is 16.5. The smallest absolute Gasteiger partial charge is 0.274 e. The first-order chi connectivity index (χ1) is 11.6. The number of benzene rings is 1. The second-order valence-corrected chi connectivity index (χ2v) is 5.25. The minimum absolute atomic E-state index is 0.211. The molecule has 7 nitrogen and oxygen atoms in total. The Labute approximate surface area is 140 Å². The lowest BCUT2D eigenvalue weighted by Crippen LogP contribution is -2.31. The zero-order valence-corrected chi connectivity index (χ0v) is 14.1. The topological polar surface area (TPSA) is 73.7 Å². The van der Waals surface area contributed by atoms with Gasteiger partial charge in [-0.3, -0.25) is 9.59 Å². The molecule has 0 aliphatic heterocycles. The van der Waals surface area contributed by atoms with Crippen LogP contribution in [0.25, 0.3) is 0 Å². The molecule has 0 bridgehead atoms. The van der Waals surface area contributed by atoms with E-state index >= 15 is 0 Å². The van der Waals surface area contributed by atoms with Gasteiger partial charge in [0.25, 0.3) is 11.5 Å². The molecular formula is C17H21N3O4. The lowest BCUT2D eigenvalue weighted by atomic mass is 10.2. The van der Waals surface area contributed by atoms with Gasteiger partial charge in [-0.2, -0.15) is 5.10 Å². The van der Waals surface area contributed by atoms with Crippen molar-refractivity contribution in [2.45, 2.75) is 13.1 Å². The van der Waals surface area contributed by atoms with E-state index in [4.69, 9.17) is 9.47 Å². The summed E-state index contributed by atoms with van der Waals surface area (Å²) < 4.78 is 11.5. The average molecular weight is 331 g/mol. The van der Waals surface area contributed by atoms with Crippen molar-refractivity contribution in [1.29, 1.82) is 0 Å². The van der Waals surface area contributed by atoms with Crippen LogP contribution in [0, 0.1) is 0 Å². The van der Waals surface area contributed by atoms with E-state index in [-0.39, 0.29) is 17.2 Å². The number of hydrogen-bond acceptors (Lipinski definition) is 5. The van der Waals surface area contributed by atoms with Gasteiger partial charge < -0.3 is 14.4 Å². The highest BCUT2D eigenvalue weighted by molar-refractivity contribution is 5.91. The fourth-order valence-electron chi connectivity index (χ4n) is 2.26. The Morgan fingerprint density at radius 3 is 2.67 bits per heavy atom. The molecule has 7 heteroatoms. The van der Waals surface area contributed by atoms with Crippen LogP contribution >= 0.6 is 0 Å². The third kappa shape index (κ3) is 4.20. The summed E-state index contributed by atoms with van der Waals surface area (Å²) in [7, 11) is 4.82. The number of ether oxygens (including phenoxy) is 2. The number of aromatic nitrogens is 2. The van der Waals surface area contributed by atoms with Gasteiger partial charge in [0, 0.05) is 32.3 Å². The largest absolute Gasteiger partial charge is 0.496 e. The molecule has 1 heterocycles. The van der Waals surface area contributed by atoms with E-state index in [1.807, 2.05) is 24.3 Å². The maximum atomic E-state index is 12.6. The summed E-state index contributed by atoms with van der Waals surface area (Å²) in [4.78, 5) is 25.8. The number of para-hydroxylation sites is 1. The standard InChI is InChI=1S/C17H21N3O4/c1-19(12-13-6-4-5-7-15(13)24-3)17(22)14-8-9-16(21)20(18-14)10-11-23-2/h4-9H,10-12H2,1-3H3. The zero-order chi connectivity index (χ0) is 17.5. The quantitative estimate of drug-likeness (QED) is 0.761. The van der Waals surface area contributed by atoms with Crippen molar-refractivity contribution in [2.24, 2.45) is 0 Å². The van der Waals surface area contributed by atoms with Crippen LogP contribution in [-0.4, -0.2) is 48.5 Å². The molecule has 0 saturated heterocycles. The summed E-state index contributed by atoms with van der Waals surface area (Å²) in [6.07, 6.45) is 0. The minimum Gasteiger partial charge on any atom is -0.496 e. The summed E-state index contributed by atoms with van der Waals surface area (Å²) in [5.41, 5.74) is 0.836. The minimum atomic E-state index is -0.271. The van der Waals surface area contributed by atoms with Gasteiger partial charge >= 0.3 is 0 Å². The molecule has 0 aliphatic rings. The summed E-state index contributed by atoms with van der Waals surface area (Å²) in [6.45, 7) is 1.02. The molecule has 0 N–H and O–H groups in total. The fraction of sp³-hybridized carbons (Fsp3) is 0.353. The molecule has 2 rings (SSSR count). The molecule has 0 radical (unpaired) electrons. The Morgan fingerprint density at radius 2 is 1.96 bits per heavy atom. The Balaban J connectivity index is 2.17. The number of methoxy groups -OCH3 is 2. The molecule has 0 unspecified atom stereocenters. The monoisotopic (exact) mass is 331 g/mol. The molecule has 0 atom stereocenters. The zero-order valence-electron chi connectivity index (χ0n) is 14.1. The van der Waals surface area contributed by atoms with Gasteiger partial charge in [0.05, 0.1) is 20.3 Å². The van der Waals surface area contributed by atoms with E-state index < -0.39 is 0 Å². The molecule has 1 amide bonds. The highest BCUT2D eigenvalue weighted by Crippen LogP contribution is 2.19. The Hall–Kier alpha value is -2.67. The number of rotatable bonds is 7. The third-order valence-electron chi connectivity index (χ3n) is 3.54. The van der Waals surface area contributed by atoms with Gasteiger partial charge in [-0.05, 0) is 12.1 Å². The second kappa shape index (κ2) is 8.26. The van der Waals surface area contributed by atoms with Gasteiger partial charge in [-0.15, -0.1) is 0 Å². The molecule has 1 aromatic heterocycles. The number of carbonyl (C=O) groups excluding carboxylic acids is 1. The summed E-state index contributed by atoms with van der Waals surface area (Å²) >= 11 is 0. The van der Waals surface area contributed by atoms with E-state index in [1.165, 1.54) is 21.7 Å². The second-order valence-electron chi connectivity index (χ2n) is 5.25. The van der Waals surface area contributed by atoms with Gasteiger partial charge in [0.2, 0.25) is 0 Å². The average Bonchev–Trinajstić information content (AvgIpc) is 2.60. The normalized spacial score (nSPS) is 10.5. The molecule has 0 spiro atoms. The van der Waals surface area contributed by atoms with Crippen LogP contribution in [-0.2, 0) is 17.8 Å². The van der Waals surface area contributed by atoms with E-state index in [0.717, 1.165) is 11.3 Å². The van der Waals surface area contributed by atoms with Crippen molar-refractivity contribution in [1.82, 2.24) is 14.7 Å². The number of carbonyl (C=O) groups is 1. The number of nitrogens with zero attached hydrogens (tertiary/aromatic N) is 3. The lowest BCUT2D eigenvalue weighted by molar-refractivity contribution is 0.0774. The first kappa shape index (κ1) is 17.7. The predicted octanol–water partition coefficient (Wildman–Crippen LogP) is 1.17. The molecule has 128 valence electrons.